The van der Waals surface area contributed by atoms with Crippen LogP contribution in [0.3, 0.4) is 0 Å². The van der Waals surface area contributed by atoms with Gasteiger partial charge in [-0.2, -0.15) is 10.4 Å². The van der Waals surface area contributed by atoms with Crippen LogP contribution < -0.4 is 5.32 Å². The molecule has 32 heavy (non-hydrogen) atoms. The van der Waals surface area contributed by atoms with E-state index < -0.39 is 5.54 Å². The largest absolute Gasteiger partial charge is 0.337 e. The number of rotatable bonds is 7. The van der Waals surface area contributed by atoms with Crippen LogP contribution in [-0.4, -0.2) is 39.7 Å². The first-order chi connectivity index (χ1) is 15.5. The molecule has 0 saturated heterocycles. The molecule has 6 nitrogen and oxygen atoms in total. The molecule has 0 spiro atoms. The van der Waals surface area contributed by atoms with Crippen molar-refractivity contribution in [2.24, 2.45) is 0 Å². The molecular weight excluding hydrogens is 422 g/mol. The Morgan fingerprint density at radius 3 is 2.53 bits per heavy atom. The van der Waals surface area contributed by atoms with E-state index in [0.29, 0.717) is 11.6 Å². The topological polar surface area (TPSA) is 74.0 Å². The van der Waals surface area contributed by atoms with Crippen molar-refractivity contribution in [1.29, 1.82) is 5.26 Å². The summed E-state index contributed by atoms with van der Waals surface area (Å²) in [4.78, 5) is 14.6. The van der Waals surface area contributed by atoms with Crippen LogP contribution in [0.5, 0.6) is 0 Å². The minimum Gasteiger partial charge on any atom is -0.337 e. The predicted molar refractivity (Wildman–Crippen MR) is 125 cm³/mol. The Morgan fingerprint density at radius 2 is 1.88 bits per heavy atom. The van der Waals surface area contributed by atoms with Gasteiger partial charge in [-0.05, 0) is 57.0 Å². The highest BCUT2D eigenvalue weighted by molar-refractivity contribution is 6.30. The second-order valence-corrected chi connectivity index (χ2v) is 8.85. The third-order valence-electron chi connectivity index (χ3n) is 5.83. The Kier molecular flexibility index (Phi) is 6.59. The smallest absolute Gasteiger partial charge is 0.235 e. The summed E-state index contributed by atoms with van der Waals surface area (Å²) in [6.07, 6.45) is 5.41. The second kappa shape index (κ2) is 9.56. The van der Waals surface area contributed by atoms with E-state index in [4.69, 9.17) is 16.7 Å². The number of aromatic nitrogens is 2. The number of hydrogen-bond acceptors (Lipinski definition) is 4. The maximum Gasteiger partial charge on any atom is 0.235 e. The normalized spacial score (nSPS) is 14.9. The molecule has 1 N–H and O–H groups in total. The molecule has 3 aromatic rings. The molecule has 1 amide bonds. The van der Waals surface area contributed by atoms with Gasteiger partial charge in [-0.15, -0.1) is 0 Å². The zero-order chi connectivity index (χ0) is 22.6. The lowest BCUT2D eigenvalue weighted by Gasteiger charge is -2.24. The van der Waals surface area contributed by atoms with Crippen molar-refractivity contribution >= 4 is 17.5 Å². The number of amides is 1. The third-order valence-corrected chi connectivity index (χ3v) is 6.08. The second-order valence-electron chi connectivity index (χ2n) is 8.41. The van der Waals surface area contributed by atoms with Crippen molar-refractivity contribution < 1.29 is 4.79 Å². The number of nitrogens with zero attached hydrogens (tertiary/aromatic N) is 4. The average molecular weight is 448 g/mol. The minimum absolute atomic E-state index is 0.126. The van der Waals surface area contributed by atoms with Gasteiger partial charge in [-0.1, -0.05) is 41.9 Å². The molecule has 1 aromatic heterocycles. The summed E-state index contributed by atoms with van der Waals surface area (Å²) >= 11 is 6.07. The molecule has 1 heterocycles. The Hall–Kier alpha value is -3.14. The number of nitriles is 1. The van der Waals surface area contributed by atoms with Crippen LogP contribution in [-0.2, 0) is 11.3 Å². The lowest BCUT2D eigenvalue weighted by atomic mass is 10.00. The van der Waals surface area contributed by atoms with Gasteiger partial charge in [0, 0.05) is 28.9 Å². The van der Waals surface area contributed by atoms with Crippen LogP contribution in [0, 0.1) is 11.3 Å². The van der Waals surface area contributed by atoms with Gasteiger partial charge in [-0.3, -0.25) is 9.69 Å². The number of benzene rings is 2. The molecule has 2 aromatic carbocycles. The van der Waals surface area contributed by atoms with E-state index >= 15 is 0 Å². The molecule has 0 unspecified atom stereocenters. The maximum absolute atomic E-state index is 12.6. The number of para-hydroxylation sites is 1. The highest BCUT2D eigenvalue weighted by Gasteiger charge is 2.35. The van der Waals surface area contributed by atoms with Crippen molar-refractivity contribution in [3.05, 3.63) is 71.4 Å². The number of carbonyl (C=O) groups is 1. The highest BCUT2D eigenvalue weighted by atomic mass is 35.5. The van der Waals surface area contributed by atoms with Gasteiger partial charge in [0.15, 0.2) is 0 Å². The summed E-state index contributed by atoms with van der Waals surface area (Å²) in [6.45, 7) is 0.748. The van der Waals surface area contributed by atoms with Gasteiger partial charge in [0.25, 0.3) is 0 Å². The fourth-order valence-electron chi connectivity index (χ4n) is 4.23. The first-order valence-corrected chi connectivity index (χ1v) is 11.2. The average Bonchev–Trinajstić information content (AvgIpc) is 3.42. The zero-order valence-electron chi connectivity index (χ0n) is 18.1. The van der Waals surface area contributed by atoms with Crippen LogP contribution >= 0.6 is 11.6 Å². The van der Waals surface area contributed by atoms with Crippen molar-refractivity contribution in [3.63, 3.8) is 0 Å². The predicted octanol–water partition coefficient (Wildman–Crippen LogP) is 4.58. The summed E-state index contributed by atoms with van der Waals surface area (Å²) in [6, 6.07) is 19.8. The summed E-state index contributed by atoms with van der Waals surface area (Å²) < 4.78 is 1.86. The van der Waals surface area contributed by atoms with Gasteiger partial charge in [-0.25, -0.2) is 4.68 Å². The Labute approximate surface area is 193 Å². The van der Waals surface area contributed by atoms with Gasteiger partial charge in [0.2, 0.25) is 5.91 Å². The Bertz CT molecular complexity index is 1110. The summed E-state index contributed by atoms with van der Waals surface area (Å²) in [7, 11) is 1.90. The van der Waals surface area contributed by atoms with Gasteiger partial charge >= 0.3 is 0 Å². The summed E-state index contributed by atoms with van der Waals surface area (Å²) in [5.41, 5.74) is 3.08. The molecule has 4 rings (SSSR count). The minimum atomic E-state index is -0.704. The number of hydrogen-bond donors (Lipinski definition) is 1. The lowest BCUT2D eigenvalue weighted by molar-refractivity contribution is -0.123. The quantitative estimate of drug-likeness (QED) is 0.575. The zero-order valence-corrected chi connectivity index (χ0v) is 18.8. The summed E-state index contributed by atoms with van der Waals surface area (Å²) in [5.74, 6) is -0.126. The van der Waals surface area contributed by atoms with Crippen LogP contribution in [0.4, 0.5) is 0 Å². The van der Waals surface area contributed by atoms with E-state index in [2.05, 4.69) is 11.4 Å². The standard InChI is InChI=1S/C25H26ClN5O/c1-30(17-23(32)28-25(18-27)13-5-6-14-25)15-20-16-31(22-7-3-2-4-8-22)29-24(20)19-9-11-21(26)12-10-19/h2-4,7-12,16H,5-6,13-15,17H2,1H3,(H,28,32). The van der Waals surface area contributed by atoms with E-state index in [-0.39, 0.29) is 12.5 Å². The van der Waals surface area contributed by atoms with Crippen LogP contribution in [0.1, 0.15) is 31.2 Å². The molecule has 1 fully saturated rings. The van der Waals surface area contributed by atoms with E-state index in [9.17, 15) is 10.1 Å². The van der Waals surface area contributed by atoms with Crippen molar-refractivity contribution in [1.82, 2.24) is 20.0 Å². The molecule has 0 bridgehead atoms. The monoisotopic (exact) mass is 447 g/mol. The SMILES string of the molecule is CN(CC(=O)NC1(C#N)CCCC1)Cc1cn(-c2ccccc2)nc1-c1ccc(Cl)cc1. The third kappa shape index (κ3) is 5.01. The van der Waals surface area contributed by atoms with Crippen molar-refractivity contribution in [3.8, 4) is 23.0 Å². The molecule has 0 atom stereocenters. The van der Waals surface area contributed by atoms with E-state index in [0.717, 1.165) is 48.2 Å². The van der Waals surface area contributed by atoms with Crippen LogP contribution in [0.2, 0.25) is 5.02 Å². The number of likely N-dealkylation sites (N-methyl/N-ethyl adjacent to an activating group) is 1. The summed E-state index contributed by atoms with van der Waals surface area (Å²) in [5, 5.41) is 18.0. The molecular formula is C25H26ClN5O. The number of carbonyl (C=O) groups excluding carboxylic acids is 1. The lowest BCUT2D eigenvalue weighted by Crippen LogP contribution is -2.48. The molecule has 7 heteroatoms. The van der Waals surface area contributed by atoms with Crippen LogP contribution in [0.15, 0.2) is 60.8 Å². The maximum atomic E-state index is 12.6. The first-order valence-electron chi connectivity index (χ1n) is 10.8. The van der Waals surface area contributed by atoms with Gasteiger partial charge in [0.1, 0.15) is 5.54 Å². The highest BCUT2D eigenvalue weighted by Crippen LogP contribution is 2.29. The Morgan fingerprint density at radius 1 is 1.19 bits per heavy atom. The Balaban J connectivity index is 1.54. The van der Waals surface area contributed by atoms with Crippen LogP contribution in [0.25, 0.3) is 16.9 Å². The van der Waals surface area contributed by atoms with Gasteiger partial charge < -0.3 is 5.32 Å². The number of nitrogens with one attached hydrogen (secondary N) is 1. The van der Waals surface area contributed by atoms with E-state index in [1.54, 1.807) is 0 Å². The fraction of sp³-hybridized carbons (Fsp3) is 0.320. The van der Waals surface area contributed by atoms with Crippen molar-refractivity contribution in [2.45, 2.75) is 37.8 Å². The molecule has 1 aliphatic carbocycles. The van der Waals surface area contributed by atoms with E-state index in [1.807, 2.05) is 77.4 Å². The molecule has 0 aliphatic heterocycles. The fourth-order valence-corrected chi connectivity index (χ4v) is 4.36. The molecule has 1 aliphatic rings. The molecule has 1 saturated carbocycles. The molecule has 0 radical (unpaired) electrons. The number of halogens is 1. The van der Waals surface area contributed by atoms with Gasteiger partial charge in [0.05, 0.1) is 24.0 Å². The van der Waals surface area contributed by atoms with E-state index in [1.165, 1.54) is 0 Å². The first kappa shape index (κ1) is 22.1. The van der Waals surface area contributed by atoms with Crippen molar-refractivity contribution in [2.75, 3.05) is 13.6 Å². The molecule has 164 valence electrons.